The topological polar surface area (TPSA) is 0 Å². The molecule has 11 aromatic carbocycles. The van der Waals surface area contributed by atoms with Gasteiger partial charge in [-0.1, -0.05) is 249 Å². The van der Waals surface area contributed by atoms with Gasteiger partial charge in [0.2, 0.25) is 0 Å². The summed E-state index contributed by atoms with van der Waals surface area (Å²) in [6, 6.07) is 89.4. The molecule has 0 heteroatoms. The minimum atomic E-state index is -0.467. The van der Waals surface area contributed by atoms with Gasteiger partial charge >= 0.3 is 0 Å². The predicted octanol–water partition coefficient (Wildman–Crippen LogP) is 16.7. The SMILES string of the molecule is C(=C\c1ccc(-c2ccccc2)c2ccccc12)/c1ccc(-c2c3ccccc3c(-c3ccc4c(c3)C(c3ccccc3)(c3ccccc3)c3ccccc3-4)c3ccccc23)cc1. The predicted molar refractivity (Wildman–Crippen MR) is 268 cm³/mol. The average molecular weight is 799 g/mol. The molecule has 0 bridgehead atoms. The van der Waals surface area contributed by atoms with Gasteiger partial charge in [-0.3, -0.25) is 0 Å². The third-order valence-corrected chi connectivity index (χ3v) is 13.4. The standard InChI is InChI=1S/C63H42/c1-4-18-44(19-5-1)51-40-38-45(50-24-10-11-25-52(50)51)35-32-43-33-36-46(37-34-43)61-55-27-12-14-29-57(55)62(58-30-15-13-28-56(58)61)47-39-41-54-53-26-16-17-31-59(53)63(60(54)42-47,48-20-6-2-7-21-48)49-22-8-3-9-23-49/h1-42H/b35-32+. The molecule has 63 heavy (non-hydrogen) atoms. The van der Waals surface area contributed by atoms with E-state index in [0.29, 0.717) is 0 Å². The molecule has 1 aliphatic carbocycles. The molecule has 0 N–H and O–H groups in total. The molecule has 1 aliphatic rings. The molecule has 12 rings (SSSR count). The zero-order chi connectivity index (χ0) is 41.7. The highest BCUT2D eigenvalue weighted by Crippen LogP contribution is 2.57. The first-order valence-electron chi connectivity index (χ1n) is 21.9. The Morgan fingerprint density at radius 2 is 0.730 bits per heavy atom. The molecule has 0 unspecified atom stereocenters. The fourth-order valence-corrected chi connectivity index (χ4v) is 10.6. The number of hydrogen-bond donors (Lipinski definition) is 0. The summed E-state index contributed by atoms with van der Waals surface area (Å²) < 4.78 is 0. The second-order valence-corrected chi connectivity index (χ2v) is 16.7. The van der Waals surface area contributed by atoms with Crippen LogP contribution < -0.4 is 0 Å². The van der Waals surface area contributed by atoms with Crippen LogP contribution in [-0.2, 0) is 5.41 Å². The Morgan fingerprint density at radius 3 is 1.35 bits per heavy atom. The number of benzene rings is 11. The lowest BCUT2D eigenvalue weighted by Crippen LogP contribution is -2.28. The molecule has 0 amide bonds. The second-order valence-electron chi connectivity index (χ2n) is 16.7. The molecule has 0 atom stereocenters. The summed E-state index contributed by atoms with van der Waals surface area (Å²) in [6.45, 7) is 0. The highest BCUT2D eigenvalue weighted by Gasteiger charge is 2.46. The van der Waals surface area contributed by atoms with Crippen LogP contribution in [0.4, 0.5) is 0 Å². The van der Waals surface area contributed by atoms with Crippen molar-refractivity contribution in [1.29, 1.82) is 0 Å². The van der Waals surface area contributed by atoms with Crippen LogP contribution in [0.2, 0.25) is 0 Å². The molecule has 0 radical (unpaired) electrons. The second kappa shape index (κ2) is 15.1. The monoisotopic (exact) mass is 798 g/mol. The molecular weight excluding hydrogens is 757 g/mol. The molecule has 11 aromatic rings. The summed E-state index contributed by atoms with van der Waals surface area (Å²) in [5.41, 5.74) is 17.1. The Hall–Kier alpha value is -8.06. The summed E-state index contributed by atoms with van der Waals surface area (Å²) >= 11 is 0. The van der Waals surface area contributed by atoms with E-state index in [1.165, 1.54) is 110 Å². The van der Waals surface area contributed by atoms with Gasteiger partial charge in [0.15, 0.2) is 0 Å². The first kappa shape index (κ1) is 36.8. The lowest BCUT2D eigenvalue weighted by atomic mass is 9.67. The van der Waals surface area contributed by atoms with E-state index in [4.69, 9.17) is 0 Å². The third kappa shape index (κ3) is 5.91. The van der Waals surface area contributed by atoms with Crippen molar-refractivity contribution < 1.29 is 0 Å². The minimum Gasteiger partial charge on any atom is -0.0622 e. The summed E-state index contributed by atoms with van der Waals surface area (Å²) in [7, 11) is 0. The van der Waals surface area contributed by atoms with E-state index >= 15 is 0 Å². The Bertz CT molecular complexity index is 3430. The van der Waals surface area contributed by atoms with E-state index < -0.39 is 5.41 Å². The first-order valence-corrected chi connectivity index (χ1v) is 21.9. The first-order chi connectivity index (χ1) is 31.3. The molecule has 0 heterocycles. The Kier molecular flexibility index (Phi) is 8.83. The number of rotatable bonds is 7. The maximum Gasteiger partial charge on any atom is 0.0713 e. The highest BCUT2D eigenvalue weighted by atomic mass is 14.5. The Balaban J connectivity index is 0.986. The van der Waals surface area contributed by atoms with Gasteiger partial charge in [-0.25, -0.2) is 0 Å². The molecule has 0 aliphatic heterocycles. The van der Waals surface area contributed by atoms with Crippen molar-refractivity contribution in [2.24, 2.45) is 0 Å². The zero-order valence-corrected chi connectivity index (χ0v) is 34.7. The van der Waals surface area contributed by atoms with Gasteiger partial charge in [-0.2, -0.15) is 0 Å². The van der Waals surface area contributed by atoms with Crippen molar-refractivity contribution in [3.8, 4) is 44.5 Å². The van der Waals surface area contributed by atoms with Gasteiger partial charge in [-0.15, -0.1) is 0 Å². The van der Waals surface area contributed by atoms with Crippen molar-refractivity contribution >= 4 is 44.5 Å². The molecule has 0 saturated heterocycles. The van der Waals surface area contributed by atoms with E-state index in [2.05, 4.69) is 255 Å². The van der Waals surface area contributed by atoms with Crippen molar-refractivity contribution in [1.82, 2.24) is 0 Å². The summed E-state index contributed by atoms with van der Waals surface area (Å²) in [5, 5.41) is 7.52. The molecule has 0 aromatic heterocycles. The lowest BCUT2D eigenvalue weighted by Gasteiger charge is -2.34. The fraction of sp³-hybridized carbons (Fsp3) is 0.0159. The minimum absolute atomic E-state index is 0.467. The number of fused-ring (bicyclic) bond motifs is 6. The van der Waals surface area contributed by atoms with Crippen LogP contribution in [0, 0.1) is 0 Å². The fourth-order valence-electron chi connectivity index (χ4n) is 10.6. The van der Waals surface area contributed by atoms with Crippen molar-refractivity contribution in [2.45, 2.75) is 5.41 Å². The van der Waals surface area contributed by atoms with Crippen molar-refractivity contribution in [2.75, 3.05) is 0 Å². The smallest absolute Gasteiger partial charge is 0.0622 e. The molecular formula is C63H42. The van der Waals surface area contributed by atoms with Gasteiger partial charge in [0.1, 0.15) is 0 Å². The largest absolute Gasteiger partial charge is 0.0713 e. The third-order valence-electron chi connectivity index (χ3n) is 13.4. The average Bonchev–Trinajstić information content (AvgIpc) is 3.66. The molecule has 294 valence electrons. The van der Waals surface area contributed by atoms with Gasteiger partial charge in [0.25, 0.3) is 0 Å². The molecule has 0 saturated carbocycles. The van der Waals surface area contributed by atoms with Crippen LogP contribution in [-0.4, -0.2) is 0 Å². The quantitative estimate of drug-likeness (QED) is 0.111. The Morgan fingerprint density at radius 1 is 0.270 bits per heavy atom. The van der Waals surface area contributed by atoms with Crippen LogP contribution in [0.15, 0.2) is 243 Å². The molecule has 0 nitrogen and oxygen atoms in total. The van der Waals surface area contributed by atoms with E-state index in [1.807, 2.05) is 0 Å². The Labute approximate surface area is 368 Å². The zero-order valence-electron chi connectivity index (χ0n) is 34.7. The normalized spacial score (nSPS) is 12.8. The summed E-state index contributed by atoms with van der Waals surface area (Å²) in [5.74, 6) is 0. The molecule has 0 fully saturated rings. The highest BCUT2D eigenvalue weighted by molar-refractivity contribution is 6.21. The van der Waals surface area contributed by atoms with E-state index in [-0.39, 0.29) is 0 Å². The number of hydrogen-bond acceptors (Lipinski definition) is 0. The van der Waals surface area contributed by atoms with Crippen molar-refractivity contribution in [3.63, 3.8) is 0 Å². The van der Waals surface area contributed by atoms with Gasteiger partial charge in [-0.05, 0) is 116 Å². The van der Waals surface area contributed by atoms with E-state index in [0.717, 1.165) is 0 Å². The van der Waals surface area contributed by atoms with E-state index in [9.17, 15) is 0 Å². The van der Waals surface area contributed by atoms with Crippen LogP contribution in [0.1, 0.15) is 33.4 Å². The van der Waals surface area contributed by atoms with Crippen LogP contribution in [0.25, 0.3) is 89.0 Å². The van der Waals surface area contributed by atoms with Crippen LogP contribution >= 0.6 is 0 Å². The van der Waals surface area contributed by atoms with Gasteiger partial charge in [0.05, 0.1) is 5.41 Å². The van der Waals surface area contributed by atoms with Gasteiger partial charge in [0, 0.05) is 0 Å². The summed E-state index contributed by atoms with van der Waals surface area (Å²) in [4.78, 5) is 0. The van der Waals surface area contributed by atoms with Crippen LogP contribution in [0.5, 0.6) is 0 Å². The molecule has 0 spiro atoms. The maximum atomic E-state index is 2.50. The van der Waals surface area contributed by atoms with Crippen molar-refractivity contribution in [3.05, 3.63) is 276 Å². The summed E-state index contributed by atoms with van der Waals surface area (Å²) in [6.07, 6.45) is 4.50. The van der Waals surface area contributed by atoms with Gasteiger partial charge < -0.3 is 0 Å². The lowest BCUT2D eigenvalue weighted by molar-refractivity contribution is 0.769. The van der Waals surface area contributed by atoms with E-state index in [1.54, 1.807) is 0 Å². The maximum absolute atomic E-state index is 2.50. The van der Waals surface area contributed by atoms with Crippen LogP contribution in [0.3, 0.4) is 0 Å².